The predicted octanol–water partition coefficient (Wildman–Crippen LogP) is 5.05. The number of halogens is 1. The molecule has 1 amide bonds. The molecular formula is C19H16BrNO4. The monoisotopic (exact) mass is 401 g/mol. The molecule has 128 valence electrons. The molecule has 1 aromatic heterocycles. The zero-order chi connectivity index (χ0) is 18.0. The van der Waals surface area contributed by atoms with Crippen LogP contribution in [0.25, 0.3) is 11.0 Å². The number of fused-ring (bicyclic) bond motifs is 1. The van der Waals surface area contributed by atoms with Gasteiger partial charge in [-0.05, 0) is 37.3 Å². The number of hydrogen-bond donors (Lipinski definition) is 1. The number of rotatable bonds is 5. The average molecular weight is 402 g/mol. The maximum absolute atomic E-state index is 12.8. The van der Waals surface area contributed by atoms with Crippen molar-refractivity contribution in [2.75, 3.05) is 11.9 Å². The van der Waals surface area contributed by atoms with E-state index in [0.29, 0.717) is 34.6 Å². The summed E-state index contributed by atoms with van der Waals surface area (Å²) in [5, 5.41) is 3.46. The summed E-state index contributed by atoms with van der Waals surface area (Å²) in [6.45, 7) is 3.70. The lowest BCUT2D eigenvalue weighted by Gasteiger charge is -2.10. The van der Waals surface area contributed by atoms with Gasteiger partial charge in [0.05, 0.1) is 17.9 Å². The van der Waals surface area contributed by atoms with Crippen LogP contribution < -0.4 is 10.1 Å². The van der Waals surface area contributed by atoms with Crippen LogP contribution in [-0.4, -0.2) is 18.3 Å². The van der Waals surface area contributed by atoms with Gasteiger partial charge in [-0.15, -0.1) is 0 Å². The first-order chi connectivity index (χ1) is 12.0. The van der Waals surface area contributed by atoms with Gasteiger partial charge in [-0.25, -0.2) is 0 Å². The van der Waals surface area contributed by atoms with Crippen LogP contribution in [0, 0.1) is 0 Å². The number of para-hydroxylation sites is 1. The number of furan rings is 1. The van der Waals surface area contributed by atoms with Crippen molar-refractivity contribution in [1.82, 2.24) is 0 Å². The molecule has 6 heteroatoms. The van der Waals surface area contributed by atoms with Crippen molar-refractivity contribution in [1.29, 1.82) is 0 Å². The summed E-state index contributed by atoms with van der Waals surface area (Å²) in [6.07, 6.45) is 0. The summed E-state index contributed by atoms with van der Waals surface area (Å²) in [5.41, 5.74) is 1.28. The molecule has 5 nitrogen and oxygen atoms in total. The van der Waals surface area contributed by atoms with Gasteiger partial charge < -0.3 is 14.5 Å². The lowest BCUT2D eigenvalue weighted by atomic mass is 10.1. The molecule has 0 aliphatic rings. The second kappa shape index (κ2) is 7.11. The van der Waals surface area contributed by atoms with Crippen molar-refractivity contribution in [3.05, 3.63) is 58.3 Å². The Morgan fingerprint density at radius 1 is 1.20 bits per heavy atom. The molecule has 1 N–H and O–H groups in total. The fourth-order valence-corrected chi connectivity index (χ4v) is 2.92. The molecular weight excluding hydrogens is 386 g/mol. The molecule has 1 heterocycles. The SMILES string of the molecule is CCOc1ccccc1C(=O)Nc1c(C(C)=O)oc2ccc(Br)cc12. The molecule has 0 saturated heterocycles. The Bertz CT molecular complexity index is 961. The fourth-order valence-electron chi connectivity index (χ4n) is 2.56. The van der Waals surface area contributed by atoms with Crippen LogP contribution in [0.2, 0.25) is 0 Å². The van der Waals surface area contributed by atoms with E-state index in [-0.39, 0.29) is 17.5 Å². The minimum Gasteiger partial charge on any atom is -0.493 e. The van der Waals surface area contributed by atoms with Crippen molar-refractivity contribution in [2.24, 2.45) is 0 Å². The molecule has 0 unspecified atom stereocenters. The standard InChI is InChI=1S/C19H16BrNO4/c1-3-24-15-7-5-4-6-13(15)19(23)21-17-14-10-12(20)8-9-16(14)25-18(17)11(2)22/h4-10H,3H2,1-2H3,(H,21,23). The molecule has 0 aliphatic heterocycles. The van der Waals surface area contributed by atoms with Gasteiger partial charge >= 0.3 is 0 Å². The Morgan fingerprint density at radius 2 is 1.96 bits per heavy atom. The fraction of sp³-hybridized carbons (Fsp3) is 0.158. The first-order valence-electron chi connectivity index (χ1n) is 7.77. The maximum Gasteiger partial charge on any atom is 0.259 e. The van der Waals surface area contributed by atoms with E-state index in [0.717, 1.165) is 4.47 Å². The van der Waals surface area contributed by atoms with Crippen LogP contribution in [0.1, 0.15) is 34.8 Å². The smallest absolute Gasteiger partial charge is 0.259 e. The summed E-state index contributed by atoms with van der Waals surface area (Å²) in [4.78, 5) is 24.7. The van der Waals surface area contributed by atoms with E-state index in [1.165, 1.54) is 6.92 Å². The van der Waals surface area contributed by atoms with E-state index in [4.69, 9.17) is 9.15 Å². The Balaban J connectivity index is 2.05. The highest BCUT2D eigenvalue weighted by molar-refractivity contribution is 9.10. The highest BCUT2D eigenvalue weighted by Gasteiger charge is 2.21. The number of anilines is 1. The van der Waals surface area contributed by atoms with Crippen LogP contribution in [0.4, 0.5) is 5.69 Å². The highest BCUT2D eigenvalue weighted by Crippen LogP contribution is 2.34. The quantitative estimate of drug-likeness (QED) is 0.607. The van der Waals surface area contributed by atoms with Crippen LogP contribution in [-0.2, 0) is 0 Å². The summed E-state index contributed by atoms with van der Waals surface area (Å²) >= 11 is 3.40. The molecule has 2 aromatic carbocycles. The highest BCUT2D eigenvalue weighted by atomic mass is 79.9. The van der Waals surface area contributed by atoms with Gasteiger partial charge in [0.2, 0.25) is 0 Å². The van der Waals surface area contributed by atoms with Crippen molar-refractivity contribution < 1.29 is 18.7 Å². The molecule has 25 heavy (non-hydrogen) atoms. The number of nitrogens with one attached hydrogen (secondary N) is 1. The summed E-state index contributed by atoms with van der Waals surface area (Å²) in [7, 11) is 0. The van der Waals surface area contributed by atoms with E-state index in [1.54, 1.807) is 36.4 Å². The third-order valence-electron chi connectivity index (χ3n) is 3.64. The van der Waals surface area contributed by atoms with Gasteiger partial charge in [-0.2, -0.15) is 0 Å². The van der Waals surface area contributed by atoms with Crippen molar-refractivity contribution >= 4 is 44.3 Å². The molecule has 0 atom stereocenters. The molecule has 0 bridgehead atoms. The normalized spacial score (nSPS) is 10.7. The van der Waals surface area contributed by atoms with E-state index in [9.17, 15) is 9.59 Å². The largest absolute Gasteiger partial charge is 0.493 e. The minimum absolute atomic E-state index is 0.121. The van der Waals surface area contributed by atoms with Crippen LogP contribution in [0.3, 0.4) is 0 Å². The zero-order valence-electron chi connectivity index (χ0n) is 13.8. The van der Waals surface area contributed by atoms with Gasteiger partial charge in [-0.3, -0.25) is 9.59 Å². The first kappa shape index (κ1) is 17.2. The van der Waals surface area contributed by atoms with Crippen molar-refractivity contribution in [2.45, 2.75) is 13.8 Å². The topological polar surface area (TPSA) is 68.5 Å². The lowest BCUT2D eigenvalue weighted by Crippen LogP contribution is -2.15. The Kier molecular flexibility index (Phi) is 4.90. The average Bonchev–Trinajstić information content (AvgIpc) is 2.94. The summed E-state index contributed by atoms with van der Waals surface area (Å²) in [5.74, 6) is -0.0221. The van der Waals surface area contributed by atoms with Crippen LogP contribution >= 0.6 is 15.9 Å². The molecule has 0 radical (unpaired) electrons. The molecule has 3 aromatic rings. The Morgan fingerprint density at radius 3 is 2.68 bits per heavy atom. The number of ether oxygens (including phenoxy) is 1. The number of Topliss-reactive ketones (excluding diaryl/α,β-unsaturated/α-hetero) is 1. The van der Waals surface area contributed by atoms with E-state index in [2.05, 4.69) is 21.2 Å². The van der Waals surface area contributed by atoms with E-state index in [1.807, 2.05) is 13.0 Å². The minimum atomic E-state index is -0.366. The number of carbonyl (C=O) groups excluding carboxylic acids is 2. The maximum atomic E-state index is 12.8. The molecule has 0 aliphatic carbocycles. The number of hydrogen-bond acceptors (Lipinski definition) is 4. The lowest BCUT2D eigenvalue weighted by molar-refractivity contribution is 0.0990. The Labute approximate surface area is 153 Å². The van der Waals surface area contributed by atoms with Gasteiger partial charge in [-0.1, -0.05) is 28.1 Å². The third kappa shape index (κ3) is 3.44. The van der Waals surface area contributed by atoms with E-state index >= 15 is 0 Å². The second-order valence-corrected chi connectivity index (χ2v) is 6.30. The molecule has 0 spiro atoms. The number of ketones is 1. The molecule has 3 rings (SSSR count). The van der Waals surface area contributed by atoms with Gasteiger partial charge in [0, 0.05) is 16.8 Å². The number of carbonyl (C=O) groups is 2. The predicted molar refractivity (Wildman–Crippen MR) is 99.5 cm³/mol. The van der Waals surface area contributed by atoms with Crippen molar-refractivity contribution in [3.8, 4) is 5.75 Å². The summed E-state index contributed by atoms with van der Waals surface area (Å²) in [6, 6.07) is 12.3. The number of benzene rings is 2. The second-order valence-electron chi connectivity index (χ2n) is 5.39. The van der Waals surface area contributed by atoms with Crippen molar-refractivity contribution in [3.63, 3.8) is 0 Å². The van der Waals surface area contributed by atoms with Gasteiger partial charge in [0.25, 0.3) is 5.91 Å². The van der Waals surface area contributed by atoms with Crippen LogP contribution in [0.5, 0.6) is 5.75 Å². The van der Waals surface area contributed by atoms with Crippen LogP contribution in [0.15, 0.2) is 51.4 Å². The van der Waals surface area contributed by atoms with E-state index < -0.39 is 0 Å². The molecule has 0 fully saturated rings. The zero-order valence-corrected chi connectivity index (χ0v) is 15.3. The third-order valence-corrected chi connectivity index (χ3v) is 4.13. The summed E-state index contributed by atoms with van der Waals surface area (Å²) < 4.78 is 11.9. The Hall–Kier alpha value is -2.60. The van der Waals surface area contributed by atoms with Gasteiger partial charge in [0.15, 0.2) is 11.5 Å². The first-order valence-corrected chi connectivity index (χ1v) is 8.56. The molecule has 0 saturated carbocycles. The van der Waals surface area contributed by atoms with Gasteiger partial charge in [0.1, 0.15) is 11.3 Å². The number of amides is 1.